The van der Waals surface area contributed by atoms with E-state index < -0.39 is 5.60 Å². The molecule has 0 bridgehead atoms. The molecule has 0 aliphatic heterocycles. The fourth-order valence-corrected chi connectivity index (χ4v) is 5.73. The first kappa shape index (κ1) is 20.1. The molecule has 0 aromatic carbocycles. The maximum atomic E-state index is 9.92. The molecule has 3 atom stereocenters. The lowest BCUT2D eigenvalue weighted by Crippen LogP contribution is -2.22. The van der Waals surface area contributed by atoms with Crippen LogP contribution in [-0.4, -0.2) is 21.9 Å². The van der Waals surface area contributed by atoms with Gasteiger partial charge in [0.15, 0.2) is 0 Å². The normalized spacial score (nSPS) is 36.3. The van der Waals surface area contributed by atoms with Gasteiger partial charge < -0.3 is 10.2 Å². The van der Waals surface area contributed by atoms with Gasteiger partial charge in [0.05, 0.1) is 11.7 Å². The van der Waals surface area contributed by atoms with Crippen LogP contribution >= 0.6 is 0 Å². The largest absolute Gasteiger partial charge is 0.393 e. The van der Waals surface area contributed by atoms with E-state index in [-0.39, 0.29) is 6.10 Å². The fraction of sp³-hybridized carbons (Fsp3) is 0.833. The van der Waals surface area contributed by atoms with Crippen LogP contribution in [0.5, 0.6) is 0 Å². The summed E-state index contributed by atoms with van der Waals surface area (Å²) in [4.78, 5) is 0. The number of hydrogen-bond donors (Lipinski definition) is 2. The van der Waals surface area contributed by atoms with Gasteiger partial charge in [0.1, 0.15) is 0 Å². The molecule has 0 amide bonds. The molecule has 3 saturated carbocycles. The summed E-state index contributed by atoms with van der Waals surface area (Å²) >= 11 is 0. The van der Waals surface area contributed by atoms with Crippen LogP contribution in [0.4, 0.5) is 0 Å². The second kappa shape index (κ2) is 8.61. The van der Waals surface area contributed by atoms with Gasteiger partial charge in [-0.25, -0.2) is 0 Å². The number of hydrogen-bond acceptors (Lipinski definition) is 2. The van der Waals surface area contributed by atoms with E-state index in [0.29, 0.717) is 5.41 Å². The maximum Gasteiger partial charge on any atom is 0.0591 e. The summed E-state index contributed by atoms with van der Waals surface area (Å²) in [6, 6.07) is 0. The monoisotopic (exact) mass is 360 g/mol. The topological polar surface area (TPSA) is 40.5 Å². The average Bonchev–Trinajstić information content (AvgIpc) is 2.94. The van der Waals surface area contributed by atoms with Crippen LogP contribution in [0.2, 0.25) is 0 Å². The van der Waals surface area contributed by atoms with Crippen LogP contribution in [0.1, 0.15) is 104 Å². The minimum Gasteiger partial charge on any atom is -0.393 e. The molecular formula is C24H40O2. The molecule has 3 rings (SSSR count). The van der Waals surface area contributed by atoms with Gasteiger partial charge in [-0.1, -0.05) is 36.1 Å². The molecule has 0 saturated heterocycles. The molecule has 3 aliphatic rings. The third-order valence-corrected chi connectivity index (χ3v) is 7.10. The molecule has 2 heteroatoms. The van der Waals surface area contributed by atoms with Crippen molar-refractivity contribution in [2.45, 2.75) is 115 Å². The Morgan fingerprint density at radius 3 is 2.62 bits per heavy atom. The first-order valence-corrected chi connectivity index (χ1v) is 11.1. The van der Waals surface area contributed by atoms with Crippen LogP contribution in [0, 0.1) is 11.3 Å². The molecule has 0 unspecified atom stereocenters. The second-order valence-electron chi connectivity index (χ2n) is 10.2. The molecule has 1 spiro atoms. The molecule has 3 aliphatic carbocycles. The molecule has 0 radical (unpaired) electrons. The van der Waals surface area contributed by atoms with E-state index in [1.54, 1.807) is 5.57 Å². The van der Waals surface area contributed by atoms with Crippen molar-refractivity contribution in [2.24, 2.45) is 11.3 Å². The number of allylic oxidation sites excluding steroid dienone is 3. The zero-order valence-electron chi connectivity index (χ0n) is 17.1. The number of rotatable bonds is 5. The van der Waals surface area contributed by atoms with E-state index in [4.69, 9.17) is 0 Å². The third-order valence-electron chi connectivity index (χ3n) is 7.10. The van der Waals surface area contributed by atoms with Crippen molar-refractivity contribution in [3.05, 3.63) is 23.3 Å². The SMILES string of the molecule is CC(C)(O)CCC[C@@H]1CC[C@@]2(CCC/C(=C/C=C3\CCC[C@H](O)C3)C2)C1. The smallest absolute Gasteiger partial charge is 0.0591 e. The highest BCUT2D eigenvalue weighted by atomic mass is 16.3. The van der Waals surface area contributed by atoms with Crippen LogP contribution < -0.4 is 0 Å². The Hall–Kier alpha value is -0.600. The molecule has 0 heterocycles. The van der Waals surface area contributed by atoms with Crippen molar-refractivity contribution < 1.29 is 10.2 Å². The van der Waals surface area contributed by atoms with Gasteiger partial charge in [0.2, 0.25) is 0 Å². The Morgan fingerprint density at radius 1 is 1.08 bits per heavy atom. The Labute approximate surface area is 160 Å². The van der Waals surface area contributed by atoms with Crippen molar-refractivity contribution in [2.75, 3.05) is 0 Å². The van der Waals surface area contributed by atoms with Gasteiger partial charge in [-0.05, 0) is 102 Å². The van der Waals surface area contributed by atoms with Crippen molar-refractivity contribution in [3.63, 3.8) is 0 Å². The van der Waals surface area contributed by atoms with E-state index in [1.807, 2.05) is 13.8 Å². The summed E-state index contributed by atoms with van der Waals surface area (Å²) in [5.74, 6) is 0.878. The van der Waals surface area contributed by atoms with Gasteiger partial charge in [-0.2, -0.15) is 0 Å². The van der Waals surface area contributed by atoms with Crippen LogP contribution in [0.3, 0.4) is 0 Å². The fourth-order valence-electron chi connectivity index (χ4n) is 5.73. The van der Waals surface area contributed by atoms with Crippen molar-refractivity contribution in [1.82, 2.24) is 0 Å². The Kier molecular flexibility index (Phi) is 6.67. The Morgan fingerprint density at radius 2 is 1.85 bits per heavy atom. The molecule has 0 aromatic heterocycles. The van der Waals surface area contributed by atoms with Crippen LogP contribution in [-0.2, 0) is 0 Å². The summed E-state index contributed by atoms with van der Waals surface area (Å²) in [6.07, 6.45) is 21.8. The van der Waals surface area contributed by atoms with Gasteiger partial charge in [-0.3, -0.25) is 0 Å². The summed E-state index contributed by atoms with van der Waals surface area (Å²) in [6.45, 7) is 3.86. The first-order valence-electron chi connectivity index (χ1n) is 11.1. The molecule has 148 valence electrons. The lowest BCUT2D eigenvalue weighted by atomic mass is 9.70. The highest BCUT2D eigenvalue weighted by molar-refractivity contribution is 5.22. The lowest BCUT2D eigenvalue weighted by molar-refractivity contribution is 0.0666. The molecule has 26 heavy (non-hydrogen) atoms. The summed E-state index contributed by atoms with van der Waals surface area (Å²) in [5.41, 5.74) is 3.18. The van der Waals surface area contributed by atoms with Crippen molar-refractivity contribution in [1.29, 1.82) is 0 Å². The Bertz CT molecular complexity index is 525. The highest BCUT2D eigenvalue weighted by Crippen LogP contribution is 2.53. The maximum absolute atomic E-state index is 9.92. The summed E-state index contributed by atoms with van der Waals surface area (Å²) in [5, 5.41) is 19.8. The standard InChI is InChI=1S/C24H40O2/c1-23(2,26)13-4-7-21-12-15-24(18-21)14-5-8-20(17-24)11-10-19-6-3-9-22(25)16-19/h10-11,21-22,25-26H,3-9,12-18H2,1-2H3/b19-10+,20-11-/t21-,22+,24-/m1/s1. The first-order chi connectivity index (χ1) is 12.3. The zero-order valence-corrected chi connectivity index (χ0v) is 17.1. The molecular weight excluding hydrogens is 320 g/mol. The lowest BCUT2D eigenvalue weighted by Gasteiger charge is -2.35. The highest BCUT2D eigenvalue weighted by Gasteiger charge is 2.40. The molecule has 2 nitrogen and oxygen atoms in total. The second-order valence-corrected chi connectivity index (χ2v) is 10.2. The minimum atomic E-state index is -0.503. The Balaban J connectivity index is 1.51. The summed E-state index contributed by atoms with van der Waals surface area (Å²) < 4.78 is 0. The number of aliphatic hydroxyl groups excluding tert-OH is 1. The third kappa shape index (κ3) is 5.96. The quantitative estimate of drug-likeness (QED) is 0.624. The predicted molar refractivity (Wildman–Crippen MR) is 109 cm³/mol. The van der Waals surface area contributed by atoms with E-state index in [9.17, 15) is 10.2 Å². The van der Waals surface area contributed by atoms with Crippen LogP contribution in [0.25, 0.3) is 0 Å². The van der Waals surface area contributed by atoms with Gasteiger partial charge in [0, 0.05) is 0 Å². The summed E-state index contributed by atoms with van der Waals surface area (Å²) in [7, 11) is 0. The minimum absolute atomic E-state index is 0.106. The van der Waals surface area contributed by atoms with Crippen LogP contribution in [0.15, 0.2) is 23.3 Å². The molecule has 3 fully saturated rings. The van der Waals surface area contributed by atoms with Gasteiger partial charge in [0.25, 0.3) is 0 Å². The molecule has 0 aromatic rings. The average molecular weight is 361 g/mol. The van der Waals surface area contributed by atoms with Gasteiger partial charge in [-0.15, -0.1) is 0 Å². The van der Waals surface area contributed by atoms with E-state index in [0.717, 1.165) is 31.6 Å². The zero-order chi connectivity index (χ0) is 18.6. The van der Waals surface area contributed by atoms with E-state index in [1.165, 1.54) is 69.8 Å². The van der Waals surface area contributed by atoms with Crippen molar-refractivity contribution in [3.8, 4) is 0 Å². The van der Waals surface area contributed by atoms with E-state index in [2.05, 4.69) is 12.2 Å². The van der Waals surface area contributed by atoms with Crippen molar-refractivity contribution >= 4 is 0 Å². The predicted octanol–water partition coefficient (Wildman–Crippen LogP) is 6.08. The number of aliphatic hydroxyl groups is 2. The molecule has 2 N–H and O–H groups in total. The van der Waals surface area contributed by atoms with Gasteiger partial charge >= 0.3 is 0 Å². The van der Waals surface area contributed by atoms with E-state index >= 15 is 0 Å².